The molecule has 0 spiro atoms. The van der Waals surface area contributed by atoms with Gasteiger partial charge in [0, 0.05) is 5.56 Å². The minimum atomic E-state index is -4.15. The molecule has 2 amide bonds. The van der Waals surface area contributed by atoms with Crippen molar-refractivity contribution in [2.75, 3.05) is 6.61 Å². The predicted octanol–water partition coefficient (Wildman–Crippen LogP) is 2.80. The van der Waals surface area contributed by atoms with Crippen LogP contribution >= 0.6 is 12.2 Å². The largest absolute Gasteiger partial charge is 0.490 e. The van der Waals surface area contributed by atoms with Crippen LogP contribution in [0.25, 0.3) is 6.08 Å². The van der Waals surface area contributed by atoms with Gasteiger partial charge >= 0.3 is 10.1 Å². The molecule has 1 aliphatic rings. The van der Waals surface area contributed by atoms with E-state index in [9.17, 15) is 18.0 Å². The fourth-order valence-corrected chi connectivity index (χ4v) is 4.23. The highest BCUT2D eigenvalue weighted by atomic mass is 32.2. The third-order valence-electron chi connectivity index (χ3n) is 4.58. The lowest BCUT2D eigenvalue weighted by atomic mass is 10.0. The van der Waals surface area contributed by atoms with E-state index in [0.29, 0.717) is 11.1 Å². The summed E-state index contributed by atoms with van der Waals surface area (Å²) in [6.45, 7) is 7.52. The van der Waals surface area contributed by atoms with Crippen molar-refractivity contribution >= 4 is 45.3 Å². The van der Waals surface area contributed by atoms with Crippen molar-refractivity contribution in [1.82, 2.24) is 10.6 Å². The maximum absolute atomic E-state index is 12.9. The molecule has 1 heterocycles. The number of nitrogens with one attached hydrogen (secondary N) is 2. The van der Waals surface area contributed by atoms with Crippen LogP contribution in [0.4, 0.5) is 0 Å². The summed E-state index contributed by atoms with van der Waals surface area (Å²) >= 11 is 4.81. The number of carbonyl (C=O) groups is 2. The third-order valence-corrected chi connectivity index (χ3v) is 6.01. The zero-order valence-electron chi connectivity index (χ0n) is 18.0. The molecule has 1 saturated heterocycles. The zero-order valence-corrected chi connectivity index (χ0v) is 19.6. The summed E-state index contributed by atoms with van der Waals surface area (Å²) in [6.07, 6.45) is 3.18. The number of allylic oxidation sites excluding steroid dienone is 1. The van der Waals surface area contributed by atoms with E-state index in [0.717, 1.165) is 5.56 Å². The molecule has 1 fully saturated rings. The average Bonchev–Trinajstić information content (AvgIpc) is 2.73. The molecule has 0 unspecified atom stereocenters. The van der Waals surface area contributed by atoms with Crippen molar-refractivity contribution < 1.29 is 26.9 Å². The second-order valence-corrected chi connectivity index (χ2v) is 9.03. The van der Waals surface area contributed by atoms with Crippen LogP contribution in [0.1, 0.15) is 23.6 Å². The first kappa shape index (κ1) is 24.1. The molecular weight excluding hydrogens is 464 g/mol. The SMILES string of the molecule is C=CCc1cc(C=C2C(=O)NC(=S)NC2=O)cc(OCC)c1OS(=O)(=O)c1ccc(C)cc1. The third kappa shape index (κ3) is 5.65. The Labute approximate surface area is 197 Å². The molecule has 33 heavy (non-hydrogen) atoms. The summed E-state index contributed by atoms with van der Waals surface area (Å²) in [5.74, 6) is -1.13. The number of hydrogen-bond donors (Lipinski definition) is 2. The summed E-state index contributed by atoms with van der Waals surface area (Å²) in [6, 6.07) is 9.36. The maximum atomic E-state index is 12.9. The van der Waals surface area contributed by atoms with Gasteiger partial charge in [0.1, 0.15) is 10.5 Å². The van der Waals surface area contributed by atoms with Gasteiger partial charge in [-0.15, -0.1) is 6.58 Å². The number of thiocarbonyl (C=S) groups is 1. The van der Waals surface area contributed by atoms with Crippen LogP contribution in [0.5, 0.6) is 11.5 Å². The van der Waals surface area contributed by atoms with Crippen LogP contribution in [0.3, 0.4) is 0 Å². The number of aryl methyl sites for hydroxylation is 1. The highest BCUT2D eigenvalue weighted by molar-refractivity contribution is 7.87. The summed E-state index contributed by atoms with van der Waals surface area (Å²) < 4.78 is 37.0. The molecule has 2 aromatic rings. The molecular formula is C23H22N2O6S2. The minimum absolute atomic E-state index is 0.00203. The summed E-state index contributed by atoms with van der Waals surface area (Å²) in [5.41, 5.74) is 1.64. The first-order chi connectivity index (χ1) is 15.6. The lowest BCUT2D eigenvalue weighted by Gasteiger charge is -2.18. The Morgan fingerprint density at radius 3 is 2.30 bits per heavy atom. The maximum Gasteiger partial charge on any atom is 0.339 e. The Balaban J connectivity index is 2.09. The van der Waals surface area contributed by atoms with Crippen LogP contribution in [-0.2, 0) is 26.1 Å². The molecule has 1 aliphatic heterocycles. The number of carbonyl (C=O) groups excluding carboxylic acids is 2. The molecule has 2 aromatic carbocycles. The van der Waals surface area contributed by atoms with Crippen molar-refractivity contribution in [1.29, 1.82) is 0 Å². The number of rotatable bonds is 8. The fourth-order valence-electron chi connectivity index (χ4n) is 3.07. The van der Waals surface area contributed by atoms with Gasteiger partial charge in [0.2, 0.25) is 0 Å². The van der Waals surface area contributed by atoms with E-state index < -0.39 is 21.9 Å². The Morgan fingerprint density at radius 2 is 1.73 bits per heavy atom. The molecule has 0 aromatic heterocycles. The molecule has 8 nitrogen and oxygen atoms in total. The number of ether oxygens (including phenoxy) is 1. The average molecular weight is 487 g/mol. The smallest absolute Gasteiger partial charge is 0.339 e. The van der Waals surface area contributed by atoms with E-state index in [-0.39, 0.29) is 40.1 Å². The molecule has 172 valence electrons. The molecule has 0 bridgehead atoms. The van der Waals surface area contributed by atoms with Gasteiger partial charge in [-0.2, -0.15) is 8.42 Å². The van der Waals surface area contributed by atoms with Crippen LogP contribution in [-0.4, -0.2) is 32.0 Å². The van der Waals surface area contributed by atoms with Crippen molar-refractivity contribution in [3.8, 4) is 11.5 Å². The van der Waals surface area contributed by atoms with E-state index in [1.54, 1.807) is 31.2 Å². The quantitative estimate of drug-likeness (QED) is 0.194. The lowest BCUT2D eigenvalue weighted by Crippen LogP contribution is -2.51. The van der Waals surface area contributed by atoms with E-state index in [1.165, 1.54) is 24.3 Å². The lowest BCUT2D eigenvalue weighted by molar-refractivity contribution is -0.123. The van der Waals surface area contributed by atoms with Crippen molar-refractivity contribution in [3.63, 3.8) is 0 Å². The van der Waals surface area contributed by atoms with E-state index in [2.05, 4.69) is 17.2 Å². The Kier molecular flexibility index (Phi) is 7.29. The highest BCUT2D eigenvalue weighted by Gasteiger charge is 2.27. The number of hydrogen-bond acceptors (Lipinski definition) is 7. The first-order valence-electron chi connectivity index (χ1n) is 9.94. The number of amides is 2. The summed E-state index contributed by atoms with van der Waals surface area (Å²) in [5, 5.41) is 4.66. The topological polar surface area (TPSA) is 111 Å². The van der Waals surface area contributed by atoms with Gasteiger partial charge in [-0.1, -0.05) is 23.8 Å². The van der Waals surface area contributed by atoms with Gasteiger partial charge in [-0.05, 0) is 68.4 Å². The Bertz CT molecular complexity index is 1240. The second-order valence-electron chi connectivity index (χ2n) is 7.08. The fraction of sp³-hybridized carbons (Fsp3) is 0.174. The monoisotopic (exact) mass is 486 g/mol. The van der Waals surface area contributed by atoms with Crippen LogP contribution in [0.2, 0.25) is 0 Å². The zero-order chi connectivity index (χ0) is 24.2. The van der Waals surface area contributed by atoms with Crippen molar-refractivity contribution in [2.24, 2.45) is 0 Å². The molecule has 0 saturated carbocycles. The molecule has 0 atom stereocenters. The molecule has 10 heteroatoms. The minimum Gasteiger partial charge on any atom is -0.490 e. The predicted molar refractivity (Wildman–Crippen MR) is 127 cm³/mol. The van der Waals surface area contributed by atoms with Gasteiger partial charge in [0.25, 0.3) is 11.8 Å². The molecule has 3 rings (SSSR count). The number of benzene rings is 2. The molecule has 0 aliphatic carbocycles. The van der Waals surface area contributed by atoms with Gasteiger partial charge in [-0.25, -0.2) is 0 Å². The van der Waals surface area contributed by atoms with Gasteiger partial charge in [0.05, 0.1) is 6.61 Å². The van der Waals surface area contributed by atoms with Crippen LogP contribution in [0, 0.1) is 6.92 Å². The van der Waals surface area contributed by atoms with Crippen LogP contribution in [0.15, 0.2) is 59.5 Å². The molecule has 0 radical (unpaired) electrons. The van der Waals surface area contributed by atoms with Crippen LogP contribution < -0.4 is 19.6 Å². The van der Waals surface area contributed by atoms with Crippen molar-refractivity contribution in [3.05, 3.63) is 71.3 Å². The van der Waals surface area contributed by atoms with Gasteiger partial charge in [0.15, 0.2) is 16.6 Å². The van der Waals surface area contributed by atoms with E-state index >= 15 is 0 Å². The molecule has 2 N–H and O–H groups in total. The van der Waals surface area contributed by atoms with Gasteiger partial charge in [-0.3, -0.25) is 20.2 Å². The Hall–Kier alpha value is -3.50. The van der Waals surface area contributed by atoms with Crippen molar-refractivity contribution in [2.45, 2.75) is 25.2 Å². The van der Waals surface area contributed by atoms with Gasteiger partial charge < -0.3 is 8.92 Å². The first-order valence-corrected chi connectivity index (χ1v) is 11.8. The summed E-state index contributed by atoms with van der Waals surface area (Å²) in [4.78, 5) is 24.4. The Morgan fingerprint density at radius 1 is 1.09 bits per heavy atom. The van der Waals surface area contributed by atoms with E-state index in [4.69, 9.17) is 21.1 Å². The summed E-state index contributed by atoms with van der Waals surface area (Å²) in [7, 11) is -4.15. The standard InChI is InChI=1S/C23H22N2O6S2/c1-4-6-16-11-15(12-18-21(26)24-23(32)25-22(18)27)13-19(30-5-2)20(16)31-33(28,29)17-9-7-14(3)8-10-17/h4,7-13H,1,5-6H2,2-3H3,(H2,24,25,26,27,32). The second kappa shape index (κ2) is 9.97. The normalized spacial score (nSPS) is 13.8. The van der Waals surface area contributed by atoms with E-state index in [1.807, 2.05) is 6.92 Å². The highest BCUT2D eigenvalue weighted by Crippen LogP contribution is 2.36.